The summed E-state index contributed by atoms with van der Waals surface area (Å²) in [6.07, 6.45) is 4.41. The Hall–Kier alpha value is -0.920. The van der Waals surface area contributed by atoms with Crippen molar-refractivity contribution in [3.8, 4) is 0 Å². The number of nitrogens with one attached hydrogen (secondary N) is 2. The molecule has 0 atom stereocenters. The van der Waals surface area contributed by atoms with E-state index >= 15 is 0 Å². The zero-order valence-corrected chi connectivity index (χ0v) is 10.9. The van der Waals surface area contributed by atoms with Crippen molar-refractivity contribution < 1.29 is 8.42 Å². The average Bonchev–Trinajstić information content (AvgIpc) is 2.84. The lowest BCUT2D eigenvalue weighted by Crippen LogP contribution is -2.51. The van der Waals surface area contributed by atoms with Gasteiger partial charge < -0.3 is 5.32 Å². The van der Waals surface area contributed by atoms with Crippen LogP contribution in [0.3, 0.4) is 0 Å². The summed E-state index contributed by atoms with van der Waals surface area (Å²) >= 11 is 0. The predicted molar refractivity (Wildman–Crippen MR) is 64.0 cm³/mol. The highest BCUT2D eigenvalue weighted by Crippen LogP contribution is 2.25. The minimum absolute atomic E-state index is 0.0441. The van der Waals surface area contributed by atoms with Crippen LogP contribution in [0.25, 0.3) is 0 Å². The Bertz CT molecular complexity index is 461. The number of hydrogen-bond donors (Lipinski definition) is 2. The van der Waals surface area contributed by atoms with Crippen molar-refractivity contribution in [3.05, 3.63) is 12.4 Å². The second-order valence-corrected chi connectivity index (χ2v) is 6.59. The maximum Gasteiger partial charge on any atom is 0.246 e. The highest BCUT2D eigenvalue weighted by atomic mass is 32.2. The first-order valence-electron chi connectivity index (χ1n) is 5.66. The summed E-state index contributed by atoms with van der Waals surface area (Å²) in [4.78, 5) is 0.241. The highest BCUT2D eigenvalue weighted by molar-refractivity contribution is 7.89. The Morgan fingerprint density at radius 1 is 1.47 bits per heavy atom. The minimum atomic E-state index is -3.37. The third kappa shape index (κ3) is 2.36. The van der Waals surface area contributed by atoms with Crippen molar-refractivity contribution in [1.29, 1.82) is 0 Å². The fourth-order valence-corrected chi connectivity index (χ4v) is 3.35. The van der Waals surface area contributed by atoms with Gasteiger partial charge in [-0.05, 0) is 26.8 Å². The highest BCUT2D eigenvalue weighted by Gasteiger charge is 2.34. The van der Waals surface area contributed by atoms with Gasteiger partial charge in [0.05, 0.1) is 6.20 Å². The number of aromatic amines is 1. The van der Waals surface area contributed by atoms with Crippen LogP contribution in [0.2, 0.25) is 0 Å². The van der Waals surface area contributed by atoms with Crippen molar-refractivity contribution in [2.75, 3.05) is 20.1 Å². The van der Waals surface area contributed by atoms with Crippen LogP contribution in [0, 0.1) is 0 Å². The third-order valence-corrected chi connectivity index (χ3v) is 5.40. The standard InChI is InChI=1S/C10H18N4O2S/c1-10(11-2)3-5-14(6-4-10)17(15,16)9-7-12-13-8-9/h7-8,11H,3-6H2,1-2H3,(H,12,13). The number of piperidine rings is 1. The first-order valence-corrected chi connectivity index (χ1v) is 7.10. The van der Waals surface area contributed by atoms with E-state index in [9.17, 15) is 8.42 Å². The smallest absolute Gasteiger partial charge is 0.246 e. The summed E-state index contributed by atoms with van der Waals surface area (Å²) in [5.74, 6) is 0. The van der Waals surface area contributed by atoms with Crippen molar-refractivity contribution >= 4 is 10.0 Å². The molecule has 1 fully saturated rings. The Labute approximate surface area is 101 Å². The number of rotatable bonds is 3. The van der Waals surface area contributed by atoms with Gasteiger partial charge >= 0.3 is 0 Å². The molecule has 1 aromatic heterocycles. The lowest BCUT2D eigenvalue weighted by molar-refractivity contribution is 0.219. The van der Waals surface area contributed by atoms with Gasteiger partial charge in [-0.2, -0.15) is 9.40 Å². The maximum absolute atomic E-state index is 12.2. The van der Waals surface area contributed by atoms with E-state index in [1.807, 2.05) is 7.05 Å². The van der Waals surface area contributed by atoms with Gasteiger partial charge in [0.1, 0.15) is 4.90 Å². The molecular formula is C10H18N4O2S. The molecule has 1 saturated heterocycles. The van der Waals surface area contributed by atoms with Crippen LogP contribution in [-0.4, -0.2) is 48.6 Å². The lowest BCUT2D eigenvalue weighted by atomic mass is 9.91. The van der Waals surface area contributed by atoms with Crippen molar-refractivity contribution in [3.63, 3.8) is 0 Å². The fraction of sp³-hybridized carbons (Fsp3) is 0.700. The largest absolute Gasteiger partial charge is 0.314 e. The van der Waals surface area contributed by atoms with E-state index < -0.39 is 10.0 Å². The zero-order valence-electron chi connectivity index (χ0n) is 10.1. The Kier molecular flexibility index (Phi) is 3.24. The fourth-order valence-electron chi connectivity index (χ4n) is 2.00. The van der Waals surface area contributed by atoms with E-state index in [0.29, 0.717) is 13.1 Å². The van der Waals surface area contributed by atoms with Gasteiger partial charge in [-0.25, -0.2) is 8.42 Å². The molecule has 1 aliphatic rings. The zero-order chi connectivity index (χ0) is 12.5. The van der Waals surface area contributed by atoms with E-state index in [4.69, 9.17) is 0 Å². The summed E-state index contributed by atoms with van der Waals surface area (Å²) in [5, 5.41) is 9.47. The summed E-state index contributed by atoms with van der Waals surface area (Å²) in [5.41, 5.74) is 0.0441. The molecule has 0 unspecified atom stereocenters. The number of aromatic nitrogens is 2. The van der Waals surface area contributed by atoms with E-state index in [1.54, 1.807) is 0 Å². The van der Waals surface area contributed by atoms with E-state index in [2.05, 4.69) is 22.4 Å². The first kappa shape index (κ1) is 12.5. The van der Waals surface area contributed by atoms with Crippen LogP contribution in [0.15, 0.2) is 17.3 Å². The molecule has 17 heavy (non-hydrogen) atoms. The van der Waals surface area contributed by atoms with Crippen molar-refractivity contribution in [1.82, 2.24) is 19.8 Å². The summed E-state index contributed by atoms with van der Waals surface area (Å²) in [7, 11) is -1.45. The number of nitrogens with zero attached hydrogens (tertiary/aromatic N) is 2. The van der Waals surface area contributed by atoms with E-state index in [-0.39, 0.29) is 10.4 Å². The summed E-state index contributed by atoms with van der Waals surface area (Å²) in [6.45, 7) is 3.21. The van der Waals surface area contributed by atoms with Crippen molar-refractivity contribution in [2.45, 2.75) is 30.2 Å². The maximum atomic E-state index is 12.2. The number of hydrogen-bond acceptors (Lipinski definition) is 4. The molecule has 0 spiro atoms. The molecule has 1 aliphatic heterocycles. The summed E-state index contributed by atoms with van der Waals surface area (Å²) < 4.78 is 25.9. The lowest BCUT2D eigenvalue weighted by Gasteiger charge is -2.38. The Morgan fingerprint density at radius 2 is 2.12 bits per heavy atom. The Morgan fingerprint density at radius 3 is 2.59 bits per heavy atom. The molecule has 0 radical (unpaired) electrons. The van der Waals surface area contributed by atoms with Crippen LogP contribution >= 0.6 is 0 Å². The van der Waals surface area contributed by atoms with Gasteiger partial charge in [0.15, 0.2) is 0 Å². The summed E-state index contributed by atoms with van der Waals surface area (Å²) in [6, 6.07) is 0. The molecule has 0 amide bonds. The van der Waals surface area contributed by atoms with E-state index in [0.717, 1.165) is 12.8 Å². The van der Waals surface area contributed by atoms with E-state index in [1.165, 1.54) is 16.7 Å². The average molecular weight is 258 g/mol. The SMILES string of the molecule is CNC1(C)CCN(S(=O)(=O)c2cn[nH]c2)CC1. The molecule has 2 N–H and O–H groups in total. The molecule has 0 aromatic carbocycles. The van der Waals surface area contributed by atoms with Crippen LogP contribution in [0.5, 0.6) is 0 Å². The molecule has 96 valence electrons. The second-order valence-electron chi connectivity index (χ2n) is 4.65. The van der Waals surface area contributed by atoms with Gasteiger partial charge in [0.2, 0.25) is 10.0 Å². The number of sulfonamides is 1. The molecule has 0 saturated carbocycles. The molecule has 0 bridgehead atoms. The molecular weight excluding hydrogens is 240 g/mol. The third-order valence-electron chi connectivity index (χ3n) is 3.54. The molecule has 1 aromatic rings. The van der Waals surface area contributed by atoms with Gasteiger partial charge in [0.25, 0.3) is 0 Å². The minimum Gasteiger partial charge on any atom is -0.314 e. The predicted octanol–water partition coefficient (Wildman–Crippen LogP) is 0.172. The second kappa shape index (κ2) is 4.40. The normalized spacial score (nSPS) is 21.5. The van der Waals surface area contributed by atoms with Crippen molar-refractivity contribution in [2.24, 2.45) is 0 Å². The van der Waals surface area contributed by atoms with Gasteiger partial charge in [0, 0.05) is 24.8 Å². The van der Waals surface area contributed by atoms with Crippen LogP contribution in [-0.2, 0) is 10.0 Å². The quantitative estimate of drug-likeness (QED) is 0.810. The van der Waals surface area contributed by atoms with Crippen LogP contribution < -0.4 is 5.32 Å². The van der Waals surface area contributed by atoms with Gasteiger partial charge in [-0.15, -0.1) is 0 Å². The first-order chi connectivity index (χ1) is 7.98. The molecule has 2 rings (SSSR count). The molecule has 0 aliphatic carbocycles. The molecule has 2 heterocycles. The monoisotopic (exact) mass is 258 g/mol. The van der Waals surface area contributed by atoms with Gasteiger partial charge in [-0.3, -0.25) is 5.10 Å². The van der Waals surface area contributed by atoms with Crippen LogP contribution in [0.4, 0.5) is 0 Å². The Balaban J connectivity index is 2.12. The van der Waals surface area contributed by atoms with Gasteiger partial charge in [-0.1, -0.05) is 0 Å². The van der Waals surface area contributed by atoms with Crippen LogP contribution in [0.1, 0.15) is 19.8 Å². The number of H-pyrrole nitrogens is 1. The molecule has 7 heteroatoms. The molecule has 6 nitrogen and oxygen atoms in total. The topological polar surface area (TPSA) is 78.1 Å².